The second-order valence-corrected chi connectivity index (χ2v) is 13.1. The van der Waals surface area contributed by atoms with E-state index in [9.17, 15) is 34.8 Å². The Morgan fingerprint density at radius 3 is 2.41 bits per heavy atom. The lowest BCUT2D eigenvalue weighted by Gasteiger charge is -2.50. The van der Waals surface area contributed by atoms with Gasteiger partial charge < -0.3 is 35.8 Å². The van der Waals surface area contributed by atoms with Crippen molar-refractivity contribution in [3.63, 3.8) is 0 Å². The Balaban J connectivity index is 1.45. The fraction of sp³-hybridized carbons (Fsp3) is 0.441. The Labute approximate surface area is 267 Å². The molecule has 4 unspecified atom stereocenters. The topological polar surface area (TPSA) is 177 Å². The fourth-order valence-corrected chi connectivity index (χ4v) is 7.84. The number of likely N-dealkylation sites (N-methyl/N-ethyl adjacent to an activating group) is 2. The number of ketones is 2. The summed E-state index contributed by atoms with van der Waals surface area (Å²) in [5, 5.41) is 45.4. The van der Waals surface area contributed by atoms with Crippen LogP contribution in [0, 0.1) is 11.8 Å². The van der Waals surface area contributed by atoms with Crippen LogP contribution in [0.15, 0.2) is 53.0 Å². The summed E-state index contributed by atoms with van der Waals surface area (Å²) in [4.78, 5) is 46.1. The maximum atomic E-state index is 14.1. The van der Waals surface area contributed by atoms with E-state index in [0.29, 0.717) is 12.1 Å². The van der Waals surface area contributed by atoms with Gasteiger partial charge in [0.15, 0.2) is 11.4 Å². The predicted molar refractivity (Wildman–Crippen MR) is 168 cm³/mol. The van der Waals surface area contributed by atoms with Crippen LogP contribution in [-0.4, -0.2) is 119 Å². The number of carbonyl (C=O) groups is 3. The van der Waals surface area contributed by atoms with Crippen LogP contribution >= 0.6 is 0 Å². The number of allylic oxidation sites excluding steroid dienone is 1. The van der Waals surface area contributed by atoms with Crippen molar-refractivity contribution in [2.75, 3.05) is 54.4 Å². The lowest BCUT2D eigenvalue weighted by molar-refractivity contribution is -0.148. The number of benzene rings is 2. The second-order valence-electron chi connectivity index (χ2n) is 13.1. The Kier molecular flexibility index (Phi) is 7.96. The van der Waals surface area contributed by atoms with E-state index in [1.54, 1.807) is 27.3 Å². The number of rotatable bonds is 6. The standard InChI is InChI=1S/C34H40N4O8/c1-36(2)28-22-15-18-14-21-20(17-5-8-24(46-4)19(13-17)16-38-11-9-37(3)10-12-38)6-7-23(39)26(21)29(40)25(18)31(42)34(22,45)32(43)27(30(28)41)33(35)44/h5-8,13,18,22,28,39,41-42,45H,9-12,14-16H2,1-4H3,(H2,35,44). The largest absolute Gasteiger partial charge is 0.510 e. The zero-order valence-corrected chi connectivity index (χ0v) is 26.4. The zero-order chi connectivity index (χ0) is 33.2. The number of nitrogens with zero attached hydrogens (tertiary/aromatic N) is 3. The Morgan fingerprint density at radius 1 is 1.09 bits per heavy atom. The number of phenolic OH excluding ortho intramolecular Hbond substituents is 1. The summed E-state index contributed by atoms with van der Waals surface area (Å²) in [6.45, 7) is 4.45. The average molecular weight is 633 g/mol. The monoisotopic (exact) mass is 632 g/mol. The van der Waals surface area contributed by atoms with Crippen molar-refractivity contribution in [3.8, 4) is 22.6 Å². The molecule has 6 rings (SSSR count). The van der Waals surface area contributed by atoms with E-state index in [-0.39, 0.29) is 29.7 Å². The minimum atomic E-state index is -2.67. The van der Waals surface area contributed by atoms with E-state index in [4.69, 9.17) is 10.5 Å². The number of fused-ring (bicyclic) bond motifs is 3. The highest BCUT2D eigenvalue weighted by molar-refractivity contribution is 6.24. The summed E-state index contributed by atoms with van der Waals surface area (Å²) in [6, 6.07) is 7.97. The van der Waals surface area contributed by atoms with Gasteiger partial charge in [-0.2, -0.15) is 0 Å². The van der Waals surface area contributed by atoms with Crippen LogP contribution in [0.25, 0.3) is 11.1 Å². The van der Waals surface area contributed by atoms with Crippen LogP contribution in [0.1, 0.15) is 27.9 Å². The van der Waals surface area contributed by atoms with E-state index in [1.807, 2.05) is 18.2 Å². The molecule has 1 heterocycles. The van der Waals surface area contributed by atoms with Crippen molar-refractivity contribution in [2.24, 2.45) is 17.6 Å². The van der Waals surface area contributed by atoms with Crippen molar-refractivity contribution in [3.05, 3.63) is 69.7 Å². The molecule has 6 N–H and O–H groups in total. The third-order valence-electron chi connectivity index (χ3n) is 10.2. The first-order valence-electron chi connectivity index (χ1n) is 15.4. The number of primary amides is 1. The molecule has 4 aliphatic rings. The van der Waals surface area contributed by atoms with Crippen LogP contribution in [0.2, 0.25) is 0 Å². The van der Waals surface area contributed by atoms with Gasteiger partial charge in [-0.25, -0.2) is 0 Å². The van der Waals surface area contributed by atoms with Gasteiger partial charge in [-0.3, -0.25) is 24.2 Å². The molecule has 2 aromatic rings. The minimum Gasteiger partial charge on any atom is -0.510 e. The van der Waals surface area contributed by atoms with E-state index < -0.39 is 58.0 Å². The number of carbonyl (C=O) groups excluding carboxylic acids is 3. The maximum Gasteiger partial charge on any atom is 0.255 e. The average Bonchev–Trinajstić information content (AvgIpc) is 3.00. The fourth-order valence-electron chi connectivity index (χ4n) is 7.84. The second kappa shape index (κ2) is 11.5. The van der Waals surface area contributed by atoms with E-state index in [2.05, 4.69) is 16.8 Å². The highest BCUT2D eigenvalue weighted by Crippen LogP contribution is 2.53. The Hall–Kier alpha value is -4.23. The first-order chi connectivity index (χ1) is 21.8. The highest BCUT2D eigenvalue weighted by Gasteiger charge is 2.63. The number of piperazine rings is 1. The van der Waals surface area contributed by atoms with Gasteiger partial charge in [0.25, 0.3) is 5.91 Å². The number of ether oxygens (including phenoxy) is 1. The Bertz CT molecular complexity index is 1710. The molecule has 0 bridgehead atoms. The summed E-state index contributed by atoms with van der Waals surface area (Å²) in [5.74, 6) is -5.99. The third-order valence-corrected chi connectivity index (χ3v) is 10.2. The van der Waals surface area contributed by atoms with Gasteiger partial charge >= 0.3 is 0 Å². The van der Waals surface area contributed by atoms with Crippen molar-refractivity contribution < 1.29 is 39.5 Å². The first-order valence-corrected chi connectivity index (χ1v) is 15.4. The van der Waals surface area contributed by atoms with Crippen LogP contribution in [0.4, 0.5) is 0 Å². The molecule has 1 saturated heterocycles. The van der Waals surface area contributed by atoms with Gasteiger partial charge in [0.2, 0.25) is 5.78 Å². The summed E-state index contributed by atoms with van der Waals surface area (Å²) in [6.07, 6.45) is 0.232. The quantitative estimate of drug-likeness (QED) is 0.292. The number of methoxy groups -OCH3 is 1. The lowest BCUT2D eigenvalue weighted by Crippen LogP contribution is -2.63. The number of amides is 1. The van der Waals surface area contributed by atoms with Gasteiger partial charge in [-0.1, -0.05) is 12.1 Å². The molecule has 1 aliphatic heterocycles. The van der Waals surface area contributed by atoms with Crippen LogP contribution in [-0.2, 0) is 22.6 Å². The molecule has 3 aliphatic carbocycles. The third kappa shape index (κ3) is 4.79. The zero-order valence-electron chi connectivity index (χ0n) is 26.4. The molecular formula is C34H40N4O8. The van der Waals surface area contributed by atoms with Crippen molar-refractivity contribution in [1.29, 1.82) is 0 Å². The molecule has 0 saturated carbocycles. The summed E-state index contributed by atoms with van der Waals surface area (Å²) in [5.41, 5.74) is 4.83. The first kappa shape index (κ1) is 31.7. The molecule has 12 nitrogen and oxygen atoms in total. The highest BCUT2D eigenvalue weighted by atomic mass is 16.5. The van der Waals surface area contributed by atoms with Crippen molar-refractivity contribution in [1.82, 2.24) is 14.7 Å². The normalized spacial score (nSPS) is 27.0. The van der Waals surface area contributed by atoms with Crippen LogP contribution in [0.5, 0.6) is 11.5 Å². The maximum absolute atomic E-state index is 14.1. The number of Topliss-reactive ketones (excluding diaryl/α,β-unsaturated/α-hetero) is 2. The van der Waals surface area contributed by atoms with Gasteiger partial charge in [0.05, 0.1) is 18.7 Å². The Morgan fingerprint density at radius 2 is 1.78 bits per heavy atom. The number of phenols is 1. The van der Waals surface area contributed by atoms with Gasteiger partial charge in [-0.05, 0) is 74.8 Å². The molecule has 0 radical (unpaired) electrons. The number of hydrogen-bond donors (Lipinski definition) is 5. The number of hydrogen-bond acceptors (Lipinski definition) is 11. The summed E-state index contributed by atoms with van der Waals surface area (Å²) in [7, 11) is 6.94. The molecule has 0 aromatic heterocycles. The number of aliphatic hydroxyl groups excluding tert-OH is 2. The molecule has 46 heavy (non-hydrogen) atoms. The number of nitrogens with two attached hydrogens (primary N) is 1. The molecule has 1 fully saturated rings. The lowest BCUT2D eigenvalue weighted by atomic mass is 9.58. The molecule has 2 aromatic carbocycles. The SMILES string of the molecule is COc1ccc(-c2ccc(O)c3c2CC2CC4C(N(C)C)C(O)=C(C(N)=O)C(=O)C4(O)C(O)=C2C3=O)cc1CN1CCN(C)CC1. The van der Waals surface area contributed by atoms with Crippen LogP contribution < -0.4 is 10.5 Å². The van der Waals surface area contributed by atoms with E-state index in [0.717, 1.165) is 48.6 Å². The van der Waals surface area contributed by atoms with Gasteiger partial charge in [-0.15, -0.1) is 0 Å². The molecular weight excluding hydrogens is 592 g/mol. The minimum absolute atomic E-state index is 0.0188. The number of aromatic hydroxyl groups is 1. The van der Waals surface area contributed by atoms with E-state index >= 15 is 0 Å². The predicted octanol–water partition coefficient (Wildman–Crippen LogP) is 1.54. The number of aliphatic hydroxyl groups is 3. The molecule has 244 valence electrons. The van der Waals surface area contributed by atoms with Crippen LogP contribution in [0.3, 0.4) is 0 Å². The van der Waals surface area contributed by atoms with Crippen molar-refractivity contribution >= 4 is 17.5 Å². The molecule has 1 amide bonds. The summed E-state index contributed by atoms with van der Waals surface area (Å²) >= 11 is 0. The van der Waals surface area contributed by atoms with E-state index in [1.165, 1.54) is 11.0 Å². The van der Waals surface area contributed by atoms with Crippen molar-refractivity contribution in [2.45, 2.75) is 31.0 Å². The smallest absolute Gasteiger partial charge is 0.255 e. The van der Waals surface area contributed by atoms with Gasteiger partial charge in [0, 0.05) is 49.8 Å². The molecule has 12 heteroatoms. The summed E-state index contributed by atoms with van der Waals surface area (Å²) < 4.78 is 5.69. The molecule has 4 atom stereocenters. The van der Waals surface area contributed by atoms with Gasteiger partial charge in [0.1, 0.15) is 28.6 Å². The molecule has 0 spiro atoms.